The number of benzene rings is 1. The molecule has 1 aromatic carbocycles. The Morgan fingerprint density at radius 2 is 1.80 bits per heavy atom. The zero-order valence-electron chi connectivity index (χ0n) is 17.9. The van der Waals surface area contributed by atoms with Crippen LogP contribution in [0.4, 0.5) is 0 Å². The van der Waals surface area contributed by atoms with E-state index in [0.717, 1.165) is 66.6 Å². The van der Waals surface area contributed by atoms with E-state index in [-0.39, 0.29) is 11.6 Å². The molecule has 7 nitrogen and oxygen atoms in total. The number of hydrogen-bond acceptors (Lipinski definition) is 5. The molecule has 2 fully saturated rings. The molecule has 158 valence electrons. The summed E-state index contributed by atoms with van der Waals surface area (Å²) in [5, 5.41) is 14.0. The molecule has 0 spiro atoms. The number of rotatable bonds is 4. The molecule has 2 aromatic heterocycles. The van der Waals surface area contributed by atoms with Crippen molar-refractivity contribution in [2.75, 3.05) is 13.1 Å². The number of hydrogen-bond donors (Lipinski definition) is 1. The van der Waals surface area contributed by atoms with Gasteiger partial charge in [0.2, 0.25) is 0 Å². The van der Waals surface area contributed by atoms with E-state index in [9.17, 15) is 4.79 Å². The van der Waals surface area contributed by atoms with Crippen LogP contribution in [-0.2, 0) is 0 Å². The lowest BCUT2D eigenvalue weighted by Crippen LogP contribution is -2.34. The fourth-order valence-electron chi connectivity index (χ4n) is 5.37. The van der Waals surface area contributed by atoms with Gasteiger partial charge in [-0.15, -0.1) is 5.10 Å². The zero-order chi connectivity index (χ0) is 20.7. The number of nitrogens with one attached hydrogen (secondary N) is 1. The molecule has 1 saturated heterocycles. The first-order valence-corrected chi connectivity index (χ1v) is 11.3. The molecule has 1 atom stereocenters. The van der Waals surface area contributed by atoms with E-state index in [2.05, 4.69) is 50.5 Å². The highest BCUT2D eigenvalue weighted by molar-refractivity contribution is 5.83. The monoisotopic (exact) mass is 406 g/mol. The van der Waals surface area contributed by atoms with Gasteiger partial charge in [-0.25, -0.2) is 4.68 Å². The Kier molecular flexibility index (Phi) is 5.15. The van der Waals surface area contributed by atoms with E-state index in [1.54, 1.807) is 0 Å². The summed E-state index contributed by atoms with van der Waals surface area (Å²) in [7, 11) is 0. The SMILES string of the molecule is Cc1cc(C)c2[nH]c(=O)c([C@H](c3nnnn3C3CCCCC3)N3CCCC3)cc2c1. The number of nitrogens with zero attached hydrogens (tertiary/aromatic N) is 5. The van der Waals surface area contributed by atoms with Gasteiger partial charge in [0, 0.05) is 5.56 Å². The third-order valence-electron chi connectivity index (χ3n) is 6.81. The van der Waals surface area contributed by atoms with Crippen LogP contribution < -0.4 is 5.56 Å². The fourth-order valence-corrected chi connectivity index (χ4v) is 5.37. The second kappa shape index (κ2) is 7.95. The third kappa shape index (κ3) is 3.45. The average Bonchev–Trinajstić information content (AvgIpc) is 3.43. The van der Waals surface area contributed by atoms with Crippen LogP contribution in [-0.4, -0.2) is 43.2 Å². The molecule has 30 heavy (non-hydrogen) atoms. The van der Waals surface area contributed by atoms with Crippen LogP contribution in [0.3, 0.4) is 0 Å². The first-order valence-electron chi connectivity index (χ1n) is 11.3. The number of aromatic amines is 1. The predicted octanol–water partition coefficient (Wildman–Crippen LogP) is 3.82. The van der Waals surface area contributed by atoms with Gasteiger partial charge in [0.1, 0.15) is 6.04 Å². The van der Waals surface area contributed by atoms with E-state index in [4.69, 9.17) is 0 Å². The summed E-state index contributed by atoms with van der Waals surface area (Å²) in [5.74, 6) is 0.818. The lowest BCUT2D eigenvalue weighted by molar-refractivity contribution is 0.243. The summed E-state index contributed by atoms with van der Waals surface area (Å²) in [5.41, 5.74) is 3.92. The first-order chi connectivity index (χ1) is 14.6. The minimum atomic E-state index is -0.210. The standard InChI is InChI=1S/C23H30N6O/c1-15-12-16(2)20-17(13-15)14-19(23(30)24-20)21(28-10-6-7-11-28)22-25-26-27-29(22)18-8-4-3-5-9-18/h12-14,18,21H,3-11H2,1-2H3,(H,24,30)/t21-/m1/s1. The van der Waals surface area contributed by atoms with Gasteiger partial charge >= 0.3 is 0 Å². The van der Waals surface area contributed by atoms with Crippen molar-refractivity contribution in [2.24, 2.45) is 0 Å². The maximum absolute atomic E-state index is 13.3. The van der Waals surface area contributed by atoms with E-state index in [1.807, 2.05) is 11.6 Å². The van der Waals surface area contributed by atoms with Crippen molar-refractivity contribution in [2.45, 2.75) is 70.9 Å². The molecule has 1 N–H and O–H groups in total. The molecule has 0 unspecified atom stereocenters. The number of fused-ring (bicyclic) bond motifs is 1. The van der Waals surface area contributed by atoms with E-state index in [0.29, 0.717) is 6.04 Å². The Balaban J connectivity index is 1.66. The number of H-pyrrole nitrogens is 1. The van der Waals surface area contributed by atoms with Crippen LogP contribution in [0.5, 0.6) is 0 Å². The summed E-state index contributed by atoms with van der Waals surface area (Å²) in [6.45, 7) is 6.07. The van der Waals surface area contributed by atoms with Crippen molar-refractivity contribution in [3.63, 3.8) is 0 Å². The molecule has 1 aliphatic heterocycles. The molecule has 7 heteroatoms. The largest absolute Gasteiger partial charge is 0.321 e. The summed E-state index contributed by atoms with van der Waals surface area (Å²) in [6, 6.07) is 6.44. The molecule has 0 radical (unpaired) electrons. The molecule has 5 rings (SSSR count). The van der Waals surface area contributed by atoms with Crippen molar-refractivity contribution < 1.29 is 0 Å². The quantitative estimate of drug-likeness (QED) is 0.712. The second-order valence-corrected chi connectivity index (χ2v) is 9.02. The molecule has 0 bridgehead atoms. The normalized spacial score (nSPS) is 19.5. The smallest absolute Gasteiger partial charge is 0.253 e. The fraction of sp³-hybridized carbons (Fsp3) is 0.565. The molecule has 1 saturated carbocycles. The lowest BCUT2D eigenvalue weighted by atomic mass is 9.95. The molecule has 3 heterocycles. The second-order valence-electron chi connectivity index (χ2n) is 9.02. The van der Waals surface area contributed by atoms with Gasteiger partial charge in [-0.2, -0.15) is 0 Å². The summed E-state index contributed by atoms with van der Waals surface area (Å²) in [6.07, 6.45) is 8.22. The van der Waals surface area contributed by atoms with E-state index in [1.165, 1.54) is 24.8 Å². The van der Waals surface area contributed by atoms with Crippen molar-refractivity contribution in [1.82, 2.24) is 30.1 Å². The predicted molar refractivity (Wildman–Crippen MR) is 117 cm³/mol. The van der Waals surface area contributed by atoms with Gasteiger partial charge in [0.05, 0.1) is 11.6 Å². The number of tetrazole rings is 1. The minimum absolute atomic E-state index is 0.0375. The minimum Gasteiger partial charge on any atom is -0.321 e. The molecular weight excluding hydrogens is 376 g/mol. The average molecular weight is 407 g/mol. The van der Waals surface area contributed by atoms with Gasteiger partial charge in [0.25, 0.3) is 5.56 Å². The van der Waals surface area contributed by atoms with Crippen molar-refractivity contribution in [3.8, 4) is 0 Å². The summed E-state index contributed by atoms with van der Waals surface area (Å²) >= 11 is 0. The molecule has 2 aliphatic rings. The molecular formula is C23H30N6O. The maximum atomic E-state index is 13.3. The van der Waals surface area contributed by atoms with Crippen molar-refractivity contribution in [3.05, 3.63) is 51.1 Å². The Hall–Kier alpha value is -2.54. The van der Waals surface area contributed by atoms with Crippen molar-refractivity contribution in [1.29, 1.82) is 0 Å². The first kappa shape index (κ1) is 19.4. The topological polar surface area (TPSA) is 79.7 Å². The van der Waals surface area contributed by atoms with Gasteiger partial charge in [-0.05, 0) is 86.1 Å². The van der Waals surface area contributed by atoms with Crippen LogP contribution in [0.1, 0.15) is 79.5 Å². The van der Waals surface area contributed by atoms with Gasteiger partial charge in [-0.1, -0.05) is 30.9 Å². The molecule has 3 aromatic rings. The van der Waals surface area contributed by atoms with Gasteiger partial charge in [-0.3, -0.25) is 9.69 Å². The Morgan fingerprint density at radius 1 is 1.03 bits per heavy atom. The van der Waals surface area contributed by atoms with Crippen LogP contribution in [0.2, 0.25) is 0 Å². The van der Waals surface area contributed by atoms with E-state index >= 15 is 0 Å². The highest BCUT2D eigenvalue weighted by atomic mass is 16.1. The third-order valence-corrected chi connectivity index (χ3v) is 6.81. The highest BCUT2D eigenvalue weighted by Crippen LogP contribution is 2.34. The summed E-state index contributed by atoms with van der Waals surface area (Å²) < 4.78 is 2.02. The van der Waals surface area contributed by atoms with Gasteiger partial charge in [0.15, 0.2) is 5.82 Å². The Bertz CT molecular complexity index is 1100. The molecule has 1 aliphatic carbocycles. The highest BCUT2D eigenvalue weighted by Gasteiger charge is 2.34. The van der Waals surface area contributed by atoms with Crippen LogP contribution in [0.25, 0.3) is 10.9 Å². The maximum Gasteiger partial charge on any atom is 0.253 e. The Labute approximate surface area is 176 Å². The van der Waals surface area contributed by atoms with Crippen LogP contribution in [0, 0.1) is 13.8 Å². The van der Waals surface area contributed by atoms with E-state index < -0.39 is 0 Å². The number of likely N-dealkylation sites (tertiary alicyclic amines) is 1. The Morgan fingerprint density at radius 3 is 2.57 bits per heavy atom. The van der Waals surface area contributed by atoms with Crippen LogP contribution in [0.15, 0.2) is 23.0 Å². The number of aryl methyl sites for hydroxylation is 2. The number of aromatic nitrogens is 5. The summed E-state index contributed by atoms with van der Waals surface area (Å²) in [4.78, 5) is 18.8. The van der Waals surface area contributed by atoms with Crippen LogP contribution >= 0.6 is 0 Å². The van der Waals surface area contributed by atoms with Gasteiger partial charge < -0.3 is 4.98 Å². The lowest BCUT2D eigenvalue weighted by Gasteiger charge is -2.29. The molecule has 0 amide bonds. The van der Waals surface area contributed by atoms with Crippen molar-refractivity contribution >= 4 is 10.9 Å². The zero-order valence-corrected chi connectivity index (χ0v) is 17.9. The number of pyridine rings is 1.